The lowest BCUT2D eigenvalue weighted by atomic mass is 10.1. The highest BCUT2D eigenvalue weighted by Crippen LogP contribution is 2.34. The van der Waals surface area contributed by atoms with Gasteiger partial charge in [0.25, 0.3) is 5.91 Å². The van der Waals surface area contributed by atoms with Gasteiger partial charge in [-0.3, -0.25) is 9.63 Å². The van der Waals surface area contributed by atoms with Crippen molar-refractivity contribution in [3.8, 4) is 0 Å². The van der Waals surface area contributed by atoms with E-state index in [-0.39, 0.29) is 16.8 Å². The number of aromatic nitrogens is 2. The number of amides is 1. The van der Waals surface area contributed by atoms with Gasteiger partial charge in [-0.2, -0.15) is 0 Å². The molecule has 0 bridgehead atoms. The molecular weight excluding hydrogens is 570 g/mol. The third-order valence-corrected chi connectivity index (χ3v) is 6.83. The molecule has 0 atom stereocenters. The molecule has 196 valence electrons. The number of benzene rings is 2. The molecule has 1 aliphatic carbocycles. The molecule has 10 heteroatoms. The lowest BCUT2D eigenvalue weighted by molar-refractivity contribution is 0.0271. The number of carbonyl (C=O) groups is 1. The van der Waals surface area contributed by atoms with Crippen LogP contribution in [0.25, 0.3) is 11.0 Å². The van der Waals surface area contributed by atoms with Gasteiger partial charge in [0, 0.05) is 16.9 Å². The molecular formula is C26H32BrCl2FN4O2. The zero-order chi connectivity index (χ0) is 26.1. The Morgan fingerprint density at radius 2 is 1.97 bits per heavy atom. The fourth-order valence-electron chi connectivity index (χ4n) is 3.66. The molecule has 0 aliphatic heterocycles. The van der Waals surface area contributed by atoms with Gasteiger partial charge in [-0.1, -0.05) is 54.2 Å². The van der Waals surface area contributed by atoms with E-state index in [2.05, 4.69) is 31.7 Å². The highest BCUT2D eigenvalue weighted by Gasteiger charge is 2.25. The third-order valence-electron chi connectivity index (χ3n) is 5.75. The first-order chi connectivity index (χ1) is 17.5. The van der Waals surface area contributed by atoms with E-state index in [9.17, 15) is 4.79 Å². The largest absolute Gasteiger partial charge is 0.351 e. The molecule has 1 fully saturated rings. The Hall–Kier alpha value is -1.87. The van der Waals surface area contributed by atoms with Crippen molar-refractivity contribution in [2.45, 2.75) is 58.9 Å². The average Bonchev–Trinajstić information content (AvgIpc) is 3.61. The van der Waals surface area contributed by atoms with Crippen LogP contribution in [-0.4, -0.2) is 27.9 Å². The SMILES string of the molecule is CC.O=C(NOCC1CC1)c1cc2c(ncn2CCCCCCCl)c(F)c1Nc1ccc(Br)cc1Cl. The van der Waals surface area contributed by atoms with Crippen molar-refractivity contribution in [2.75, 3.05) is 17.8 Å². The quantitative estimate of drug-likeness (QED) is 0.125. The minimum Gasteiger partial charge on any atom is -0.351 e. The fraction of sp³-hybridized carbons (Fsp3) is 0.462. The Balaban J connectivity index is 0.00000176. The summed E-state index contributed by atoms with van der Waals surface area (Å²) < 4.78 is 18.4. The van der Waals surface area contributed by atoms with Gasteiger partial charge in [-0.15, -0.1) is 11.6 Å². The number of imidazole rings is 1. The number of halogens is 4. The number of carbonyl (C=O) groups excluding carboxylic acids is 1. The van der Waals surface area contributed by atoms with E-state index < -0.39 is 11.7 Å². The van der Waals surface area contributed by atoms with Crippen LogP contribution in [0, 0.1) is 11.7 Å². The van der Waals surface area contributed by atoms with Crippen molar-refractivity contribution < 1.29 is 14.0 Å². The summed E-state index contributed by atoms with van der Waals surface area (Å²) in [4.78, 5) is 22.7. The molecule has 1 amide bonds. The van der Waals surface area contributed by atoms with E-state index in [0.717, 1.165) is 43.0 Å². The summed E-state index contributed by atoms with van der Waals surface area (Å²) >= 11 is 15.4. The van der Waals surface area contributed by atoms with Crippen LogP contribution in [0.2, 0.25) is 5.02 Å². The number of nitrogens with zero attached hydrogens (tertiary/aromatic N) is 2. The summed E-state index contributed by atoms with van der Waals surface area (Å²) in [6, 6.07) is 6.83. The average molecular weight is 602 g/mol. The highest BCUT2D eigenvalue weighted by atomic mass is 79.9. The van der Waals surface area contributed by atoms with E-state index in [0.29, 0.717) is 41.2 Å². The Morgan fingerprint density at radius 1 is 1.22 bits per heavy atom. The number of hydrogen-bond acceptors (Lipinski definition) is 4. The maximum absolute atomic E-state index is 15.7. The molecule has 1 aromatic heterocycles. The smallest absolute Gasteiger partial charge is 0.277 e. The van der Waals surface area contributed by atoms with Crippen LogP contribution in [0.5, 0.6) is 0 Å². The van der Waals surface area contributed by atoms with E-state index in [4.69, 9.17) is 28.0 Å². The summed E-state index contributed by atoms with van der Waals surface area (Å²) in [6.45, 7) is 5.11. The van der Waals surface area contributed by atoms with Crippen LogP contribution in [0.15, 0.2) is 35.1 Å². The summed E-state index contributed by atoms with van der Waals surface area (Å²) in [6.07, 6.45) is 7.73. The van der Waals surface area contributed by atoms with Crippen LogP contribution in [0.4, 0.5) is 15.8 Å². The zero-order valence-corrected chi connectivity index (χ0v) is 23.6. The van der Waals surface area contributed by atoms with Crippen molar-refractivity contribution in [3.05, 3.63) is 51.5 Å². The molecule has 1 heterocycles. The Labute approximate surface area is 230 Å². The number of fused-ring (bicyclic) bond motifs is 1. The standard InChI is InChI=1S/C24H26BrCl2FN4O2.C2H6/c25-16-7-8-19(18(27)11-16)30-22-17(24(33)31-34-13-15-5-6-15)12-20-23(21(22)28)29-14-32(20)10-4-2-1-3-9-26;1-2/h7-8,11-12,14-15,30H,1-6,9-10,13H2,(H,31,33);1-2H3. The van der Waals surface area contributed by atoms with Crippen LogP contribution in [0.3, 0.4) is 0 Å². The van der Waals surface area contributed by atoms with E-state index in [1.54, 1.807) is 30.6 Å². The van der Waals surface area contributed by atoms with Gasteiger partial charge in [-0.25, -0.2) is 14.9 Å². The summed E-state index contributed by atoms with van der Waals surface area (Å²) in [5.74, 6) is -0.0331. The van der Waals surface area contributed by atoms with Gasteiger partial charge < -0.3 is 9.88 Å². The lowest BCUT2D eigenvalue weighted by Crippen LogP contribution is -2.26. The molecule has 0 spiro atoms. The number of unbranched alkanes of at least 4 members (excludes halogenated alkanes) is 3. The second-order valence-corrected chi connectivity index (χ2v) is 10.2. The van der Waals surface area contributed by atoms with Crippen LogP contribution < -0.4 is 10.8 Å². The second kappa shape index (κ2) is 14.2. The summed E-state index contributed by atoms with van der Waals surface area (Å²) in [7, 11) is 0. The number of hydrogen-bond donors (Lipinski definition) is 2. The van der Waals surface area contributed by atoms with Crippen molar-refractivity contribution in [1.29, 1.82) is 0 Å². The first kappa shape index (κ1) is 28.7. The predicted molar refractivity (Wildman–Crippen MR) is 149 cm³/mol. The normalized spacial score (nSPS) is 12.8. The number of hydroxylamine groups is 1. The van der Waals surface area contributed by atoms with Crippen LogP contribution in [-0.2, 0) is 11.4 Å². The number of nitrogens with one attached hydrogen (secondary N) is 2. The zero-order valence-electron chi connectivity index (χ0n) is 20.6. The Bertz CT molecular complexity index is 1170. The van der Waals surface area contributed by atoms with Crippen molar-refractivity contribution >= 4 is 67.4 Å². The van der Waals surface area contributed by atoms with Gasteiger partial charge in [-0.05, 0) is 55.9 Å². The number of anilines is 2. The molecule has 2 N–H and O–H groups in total. The molecule has 4 rings (SSSR count). The number of rotatable bonds is 12. The maximum atomic E-state index is 15.7. The van der Waals surface area contributed by atoms with E-state index in [1.165, 1.54) is 0 Å². The Kier molecular flexibility index (Phi) is 11.3. The topological polar surface area (TPSA) is 68.2 Å². The van der Waals surface area contributed by atoms with E-state index >= 15 is 4.39 Å². The first-order valence-corrected chi connectivity index (χ1v) is 14.1. The van der Waals surface area contributed by atoms with Gasteiger partial charge in [0.15, 0.2) is 5.82 Å². The van der Waals surface area contributed by atoms with Crippen LogP contribution >= 0.6 is 39.1 Å². The number of alkyl halides is 1. The van der Waals surface area contributed by atoms with E-state index in [1.807, 2.05) is 18.4 Å². The molecule has 1 saturated carbocycles. The fourth-order valence-corrected chi connectivity index (χ4v) is 4.57. The van der Waals surface area contributed by atoms with Gasteiger partial charge in [0.1, 0.15) is 5.52 Å². The number of aryl methyl sites for hydroxylation is 1. The summed E-state index contributed by atoms with van der Waals surface area (Å²) in [5, 5.41) is 3.37. The molecule has 36 heavy (non-hydrogen) atoms. The molecule has 0 unspecified atom stereocenters. The van der Waals surface area contributed by atoms with Gasteiger partial charge in [0.05, 0.1) is 40.4 Å². The lowest BCUT2D eigenvalue weighted by Gasteiger charge is -2.16. The van der Waals surface area contributed by atoms with Crippen molar-refractivity contribution in [2.24, 2.45) is 5.92 Å². The minimum atomic E-state index is -0.621. The second-order valence-electron chi connectivity index (χ2n) is 8.46. The highest BCUT2D eigenvalue weighted by molar-refractivity contribution is 9.10. The molecule has 2 aromatic carbocycles. The molecule has 0 saturated heterocycles. The minimum absolute atomic E-state index is 0.00314. The van der Waals surface area contributed by atoms with Crippen molar-refractivity contribution in [1.82, 2.24) is 15.0 Å². The predicted octanol–water partition coefficient (Wildman–Crippen LogP) is 8.23. The van der Waals surface area contributed by atoms with Gasteiger partial charge in [0.2, 0.25) is 0 Å². The first-order valence-electron chi connectivity index (χ1n) is 12.4. The molecule has 0 radical (unpaired) electrons. The van der Waals surface area contributed by atoms with Gasteiger partial charge >= 0.3 is 0 Å². The molecule has 3 aromatic rings. The van der Waals surface area contributed by atoms with Crippen molar-refractivity contribution in [3.63, 3.8) is 0 Å². The summed E-state index contributed by atoms with van der Waals surface area (Å²) in [5.41, 5.74) is 3.78. The Morgan fingerprint density at radius 3 is 2.67 bits per heavy atom. The van der Waals surface area contributed by atoms with Crippen LogP contribution in [0.1, 0.15) is 62.7 Å². The molecule has 6 nitrogen and oxygen atoms in total. The molecule has 1 aliphatic rings. The third kappa shape index (κ3) is 7.57. The monoisotopic (exact) mass is 600 g/mol. The maximum Gasteiger partial charge on any atom is 0.277 e.